The molecular formula is C20H15ClF3N5OS2. The van der Waals surface area contributed by atoms with Crippen LogP contribution in [0.4, 0.5) is 13.2 Å². The van der Waals surface area contributed by atoms with Gasteiger partial charge in [0.25, 0.3) is 0 Å². The molecule has 0 amide bonds. The monoisotopic (exact) mass is 497 g/mol. The summed E-state index contributed by atoms with van der Waals surface area (Å²) in [5, 5.41) is 15.0. The van der Waals surface area contributed by atoms with E-state index < -0.39 is 28.3 Å². The molecule has 0 spiro atoms. The lowest BCUT2D eigenvalue weighted by Crippen LogP contribution is -2.41. The highest BCUT2D eigenvalue weighted by Crippen LogP contribution is 2.41. The highest BCUT2D eigenvalue weighted by atomic mass is 35.5. The SMILES string of the molecule is C[C@@H](Sc1nc(-c2c(F)cccc2Cl)ns1)[C@](O)(Cn1cncn1)c1ccc(F)cc1F. The average molecular weight is 498 g/mol. The normalized spacial score (nSPS) is 14.3. The minimum Gasteiger partial charge on any atom is -0.382 e. The van der Waals surface area contributed by atoms with Gasteiger partial charge >= 0.3 is 0 Å². The van der Waals surface area contributed by atoms with Crippen LogP contribution in [0, 0.1) is 17.5 Å². The van der Waals surface area contributed by atoms with E-state index >= 15 is 0 Å². The second-order valence-corrected chi connectivity index (χ2v) is 9.63. The van der Waals surface area contributed by atoms with Gasteiger partial charge in [0, 0.05) is 16.9 Å². The van der Waals surface area contributed by atoms with E-state index in [0.717, 1.165) is 29.4 Å². The van der Waals surface area contributed by atoms with Crippen LogP contribution in [0.3, 0.4) is 0 Å². The number of nitrogens with zero attached hydrogens (tertiary/aromatic N) is 5. The van der Waals surface area contributed by atoms with Gasteiger partial charge in [-0.2, -0.15) is 9.47 Å². The number of aliphatic hydroxyl groups is 1. The molecule has 0 aliphatic carbocycles. The maximum atomic E-state index is 14.7. The van der Waals surface area contributed by atoms with Crippen LogP contribution in [-0.2, 0) is 12.1 Å². The number of hydrogen-bond acceptors (Lipinski definition) is 7. The second kappa shape index (κ2) is 9.18. The summed E-state index contributed by atoms with van der Waals surface area (Å²) in [5.41, 5.74) is -1.83. The Bertz CT molecular complexity index is 1220. The molecule has 2 heterocycles. The van der Waals surface area contributed by atoms with Gasteiger partial charge in [-0.3, -0.25) is 0 Å². The molecule has 0 aliphatic rings. The van der Waals surface area contributed by atoms with Crippen LogP contribution in [0.5, 0.6) is 0 Å². The maximum absolute atomic E-state index is 14.7. The van der Waals surface area contributed by atoms with Crippen molar-refractivity contribution in [3.05, 3.63) is 77.1 Å². The van der Waals surface area contributed by atoms with Crippen molar-refractivity contribution in [1.82, 2.24) is 24.1 Å². The van der Waals surface area contributed by atoms with Crippen molar-refractivity contribution >= 4 is 34.9 Å². The summed E-state index contributed by atoms with van der Waals surface area (Å²) in [7, 11) is 0. The number of rotatable bonds is 7. The summed E-state index contributed by atoms with van der Waals surface area (Å²) in [4.78, 5) is 8.17. The Morgan fingerprint density at radius 3 is 2.72 bits per heavy atom. The quantitative estimate of drug-likeness (QED) is 0.365. The third kappa shape index (κ3) is 4.51. The van der Waals surface area contributed by atoms with Crippen LogP contribution < -0.4 is 0 Å². The predicted molar refractivity (Wildman–Crippen MR) is 116 cm³/mol. The van der Waals surface area contributed by atoms with Crippen LogP contribution in [0.25, 0.3) is 11.4 Å². The highest BCUT2D eigenvalue weighted by Gasteiger charge is 2.40. The molecule has 166 valence electrons. The van der Waals surface area contributed by atoms with E-state index in [-0.39, 0.29) is 28.5 Å². The van der Waals surface area contributed by atoms with Gasteiger partial charge in [-0.25, -0.2) is 27.8 Å². The molecule has 12 heteroatoms. The lowest BCUT2D eigenvalue weighted by Gasteiger charge is -2.33. The molecule has 0 radical (unpaired) electrons. The lowest BCUT2D eigenvalue weighted by atomic mass is 9.90. The zero-order valence-electron chi connectivity index (χ0n) is 16.4. The molecule has 4 aromatic rings. The van der Waals surface area contributed by atoms with E-state index in [4.69, 9.17) is 11.6 Å². The number of hydrogen-bond donors (Lipinski definition) is 1. The summed E-state index contributed by atoms with van der Waals surface area (Å²) < 4.78 is 48.3. The van der Waals surface area contributed by atoms with E-state index in [9.17, 15) is 18.3 Å². The Balaban J connectivity index is 1.66. The van der Waals surface area contributed by atoms with E-state index in [2.05, 4.69) is 19.4 Å². The number of thioether (sulfide) groups is 1. The van der Waals surface area contributed by atoms with Crippen molar-refractivity contribution in [2.75, 3.05) is 0 Å². The lowest BCUT2D eigenvalue weighted by molar-refractivity contribution is 0.0133. The van der Waals surface area contributed by atoms with Gasteiger partial charge < -0.3 is 5.11 Å². The van der Waals surface area contributed by atoms with E-state index in [0.29, 0.717) is 10.4 Å². The topological polar surface area (TPSA) is 76.7 Å². The smallest absolute Gasteiger partial charge is 0.178 e. The Hall–Kier alpha value is -2.47. The van der Waals surface area contributed by atoms with Crippen molar-refractivity contribution < 1.29 is 18.3 Å². The number of halogens is 4. The molecule has 0 saturated heterocycles. The third-order valence-corrected chi connectivity index (χ3v) is 7.19. The van der Waals surface area contributed by atoms with Crippen LogP contribution >= 0.6 is 34.9 Å². The first-order valence-electron chi connectivity index (χ1n) is 9.23. The standard InChI is InChI=1S/C20H15ClF3N5OS2/c1-11(31-19-27-18(28-32-19)17-14(21)3-2-4-15(17)23)20(30,8-29-10-25-9-26-29)13-6-5-12(22)7-16(13)24/h2-7,9-11,30H,8H2,1H3/t11-,20-/m1/s1. The predicted octanol–water partition coefficient (Wildman–Crippen LogP) is 4.94. The first-order chi connectivity index (χ1) is 15.3. The maximum Gasteiger partial charge on any atom is 0.178 e. The second-order valence-electron chi connectivity index (χ2n) is 6.88. The van der Waals surface area contributed by atoms with Crippen LogP contribution in [0.2, 0.25) is 5.02 Å². The van der Waals surface area contributed by atoms with Crippen LogP contribution in [0.15, 0.2) is 53.4 Å². The van der Waals surface area contributed by atoms with E-state index in [1.807, 2.05) is 0 Å². The van der Waals surface area contributed by atoms with E-state index in [1.165, 1.54) is 41.6 Å². The minimum absolute atomic E-state index is 0.0763. The molecule has 32 heavy (non-hydrogen) atoms. The summed E-state index contributed by atoms with van der Waals surface area (Å²) in [6.07, 6.45) is 2.67. The molecule has 0 saturated carbocycles. The zero-order chi connectivity index (χ0) is 22.9. The molecule has 0 aliphatic heterocycles. The minimum atomic E-state index is -1.81. The van der Waals surface area contributed by atoms with Gasteiger partial charge in [-0.15, -0.1) is 0 Å². The Labute approximate surface area is 194 Å². The molecule has 4 rings (SSSR count). The fraction of sp³-hybridized carbons (Fsp3) is 0.200. The molecule has 0 bridgehead atoms. The summed E-state index contributed by atoms with van der Waals surface area (Å²) >= 11 is 8.20. The Morgan fingerprint density at radius 1 is 1.22 bits per heavy atom. The fourth-order valence-electron chi connectivity index (χ4n) is 3.15. The van der Waals surface area contributed by atoms with Gasteiger partial charge in [0.05, 0.1) is 17.1 Å². The molecule has 0 fully saturated rings. The molecule has 6 nitrogen and oxygen atoms in total. The summed E-state index contributed by atoms with van der Waals surface area (Å²) in [5.74, 6) is -2.10. The fourth-order valence-corrected chi connectivity index (χ4v) is 5.38. The molecule has 0 unspecified atom stereocenters. The average Bonchev–Trinajstić information content (AvgIpc) is 3.40. The third-order valence-electron chi connectivity index (χ3n) is 4.81. The van der Waals surface area contributed by atoms with Crippen molar-refractivity contribution in [3.8, 4) is 11.4 Å². The Morgan fingerprint density at radius 2 is 2.03 bits per heavy atom. The van der Waals surface area contributed by atoms with Crippen LogP contribution in [0.1, 0.15) is 12.5 Å². The van der Waals surface area contributed by atoms with Crippen molar-refractivity contribution in [2.24, 2.45) is 0 Å². The van der Waals surface area contributed by atoms with Gasteiger partial charge in [0.15, 0.2) is 10.2 Å². The number of aromatic nitrogens is 5. The van der Waals surface area contributed by atoms with E-state index in [1.54, 1.807) is 6.92 Å². The summed E-state index contributed by atoms with van der Waals surface area (Å²) in [6, 6.07) is 7.25. The van der Waals surface area contributed by atoms with Crippen LogP contribution in [-0.4, -0.2) is 34.5 Å². The Kier molecular flexibility index (Phi) is 6.52. The highest BCUT2D eigenvalue weighted by molar-refractivity contribution is 8.01. The van der Waals surface area contributed by atoms with Gasteiger partial charge in [0.1, 0.15) is 35.7 Å². The van der Waals surface area contributed by atoms with Crippen molar-refractivity contribution in [3.63, 3.8) is 0 Å². The first-order valence-corrected chi connectivity index (χ1v) is 11.3. The van der Waals surface area contributed by atoms with Gasteiger partial charge in [-0.1, -0.05) is 35.5 Å². The van der Waals surface area contributed by atoms with Crippen molar-refractivity contribution in [2.45, 2.75) is 28.7 Å². The van der Waals surface area contributed by atoms with Gasteiger partial charge in [0.2, 0.25) is 0 Å². The van der Waals surface area contributed by atoms with Gasteiger partial charge in [-0.05, 0) is 36.7 Å². The van der Waals surface area contributed by atoms with Crippen molar-refractivity contribution in [1.29, 1.82) is 0 Å². The molecular weight excluding hydrogens is 483 g/mol. The first kappa shape index (κ1) is 22.7. The molecule has 2 atom stereocenters. The molecule has 2 aromatic carbocycles. The molecule has 2 aromatic heterocycles. The summed E-state index contributed by atoms with van der Waals surface area (Å²) in [6.45, 7) is 1.52. The largest absolute Gasteiger partial charge is 0.382 e. The molecule has 1 N–H and O–H groups in total. The zero-order valence-corrected chi connectivity index (χ0v) is 18.8. The number of benzene rings is 2.